The molecular weight excluding hydrogens is 388 g/mol. The molecule has 2 aromatic carbocycles. The van der Waals surface area contributed by atoms with Crippen LogP contribution in [0.25, 0.3) is 0 Å². The highest BCUT2D eigenvalue weighted by atomic mass is 16.5. The predicted molar refractivity (Wildman–Crippen MR) is 108 cm³/mol. The van der Waals surface area contributed by atoms with Gasteiger partial charge < -0.3 is 14.8 Å². The van der Waals surface area contributed by atoms with E-state index in [1.807, 2.05) is 6.92 Å². The number of anilines is 1. The molecule has 0 aromatic heterocycles. The molecule has 1 atom stereocenters. The topological polar surface area (TPSA) is 102 Å². The standard InChI is InChI=1S/C22H22N2O6/c1-3-29-16-10-8-15(9-11-16)23-20(26)14(2)30-19(25)12-13-24-21(27)17-6-4-5-7-18(17)22(24)28/h4-11,14H,3,12-13H2,1-2H3,(H,23,26)/t14-/m1/s1. The number of ether oxygens (including phenoxy) is 2. The molecule has 0 unspecified atom stereocenters. The highest BCUT2D eigenvalue weighted by molar-refractivity contribution is 6.21. The third kappa shape index (κ3) is 4.65. The van der Waals surface area contributed by atoms with Crippen LogP contribution in [-0.4, -0.2) is 47.8 Å². The third-order valence-corrected chi connectivity index (χ3v) is 4.53. The molecule has 1 N–H and O–H groups in total. The average molecular weight is 410 g/mol. The zero-order valence-electron chi connectivity index (χ0n) is 16.7. The van der Waals surface area contributed by atoms with Gasteiger partial charge in [-0.3, -0.25) is 24.1 Å². The lowest BCUT2D eigenvalue weighted by Gasteiger charge is -2.16. The molecule has 156 valence electrons. The minimum absolute atomic E-state index is 0.113. The molecule has 0 spiro atoms. The number of carbonyl (C=O) groups excluding carboxylic acids is 4. The lowest BCUT2D eigenvalue weighted by Crippen LogP contribution is -2.34. The van der Waals surface area contributed by atoms with Crippen LogP contribution in [0.2, 0.25) is 0 Å². The summed E-state index contributed by atoms with van der Waals surface area (Å²) in [6.07, 6.45) is -1.24. The van der Waals surface area contributed by atoms with Crippen molar-refractivity contribution in [2.45, 2.75) is 26.4 Å². The van der Waals surface area contributed by atoms with E-state index in [0.717, 1.165) is 4.90 Å². The molecule has 1 aliphatic heterocycles. The van der Waals surface area contributed by atoms with Crippen molar-refractivity contribution in [2.24, 2.45) is 0 Å². The van der Waals surface area contributed by atoms with Crippen LogP contribution in [0.5, 0.6) is 5.75 Å². The summed E-state index contributed by atoms with van der Waals surface area (Å²) in [5.74, 6) is -1.37. The second-order valence-corrected chi connectivity index (χ2v) is 6.64. The minimum atomic E-state index is -1.04. The van der Waals surface area contributed by atoms with Gasteiger partial charge in [-0.05, 0) is 50.2 Å². The molecule has 1 heterocycles. The first-order valence-corrected chi connectivity index (χ1v) is 9.59. The van der Waals surface area contributed by atoms with E-state index in [1.54, 1.807) is 48.5 Å². The van der Waals surface area contributed by atoms with Gasteiger partial charge in [-0.25, -0.2) is 0 Å². The highest BCUT2D eigenvalue weighted by Crippen LogP contribution is 2.22. The highest BCUT2D eigenvalue weighted by Gasteiger charge is 2.35. The van der Waals surface area contributed by atoms with Crippen molar-refractivity contribution < 1.29 is 28.7 Å². The molecule has 0 fully saturated rings. The maximum Gasteiger partial charge on any atom is 0.308 e. The van der Waals surface area contributed by atoms with Crippen LogP contribution >= 0.6 is 0 Å². The van der Waals surface area contributed by atoms with Crippen LogP contribution < -0.4 is 10.1 Å². The predicted octanol–water partition coefficient (Wildman–Crippen LogP) is 2.64. The molecule has 3 rings (SSSR count). The first-order chi connectivity index (χ1) is 14.4. The Balaban J connectivity index is 1.48. The maximum atomic E-state index is 12.3. The fourth-order valence-electron chi connectivity index (χ4n) is 3.00. The van der Waals surface area contributed by atoms with Crippen LogP contribution in [0.1, 0.15) is 41.0 Å². The number of hydrogen-bond acceptors (Lipinski definition) is 6. The monoisotopic (exact) mass is 410 g/mol. The van der Waals surface area contributed by atoms with Crippen molar-refractivity contribution in [3.8, 4) is 5.75 Å². The Morgan fingerprint density at radius 3 is 2.17 bits per heavy atom. The van der Waals surface area contributed by atoms with Crippen LogP contribution in [0.4, 0.5) is 5.69 Å². The van der Waals surface area contributed by atoms with Crippen molar-refractivity contribution >= 4 is 29.4 Å². The Kier molecular flexibility index (Phi) is 6.46. The molecule has 3 amide bonds. The number of rotatable bonds is 8. The van der Waals surface area contributed by atoms with Crippen LogP contribution in [0.3, 0.4) is 0 Å². The van der Waals surface area contributed by atoms with Crippen molar-refractivity contribution in [1.82, 2.24) is 4.90 Å². The van der Waals surface area contributed by atoms with Gasteiger partial charge in [-0.1, -0.05) is 12.1 Å². The Labute approximate surface area is 173 Å². The SMILES string of the molecule is CCOc1ccc(NC(=O)[C@@H](C)OC(=O)CCN2C(=O)c3ccccc3C2=O)cc1. The van der Waals surface area contributed by atoms with Gasteiger partial charge in [0.1, 0.15) is 5.75 Å². The molecule has 0 radical (unpaired) electrons. The van der Waals surface area contributed by atoms with Crippen molar-refractivity contribution in [2.75, 3.05) is 18.5 Å². The van der Waals surface area contributed by atoms with Crippen molar-refractivity contribution in [3.05, 3.63) is 59.7 Å². The van der Waals surface area contributed by atoms with Crippen LogP contribution in [0, 0.1) is 0 Å². The number of esters is 1. The van der Waals surface area contributed by atoms with E-state index in [9.17, 15) is 19.2 Å². The van der Waals surface area contributed by atoms with Crippen molar-refractivity contribution in [1.29, 1.82) is 0 Å². The Hall–Kier alpha value is -3.68. The summed E-state index contributed by atoms with van der Waals surface area (Å²) < 4.78 is 10.5. The van der Waals surface area contributed by atoms with E-state index in [2.05, 4.69) is 5.32 Å². The summed E-state index contributed by atoms with van der Waals surface area (Å²) in [5.41, 5.74) is 1.18. The smallest absolute Gasteiger partial charge is 0.308 e. The molecule has 2 aromatic rings. The van der Waals surface area contributed by atoms with Crippen LogP contribution in [-0.2, 0) is 14.3 Å². The first-order valence-electron chi connectivity index (χ1n) is 9.59. The second kappa shape index (κ2) is 9.21. The Morgan fingerprint density at radius 1 is 1.00 bits per heavy atom. The largest absolute Gasteiger partial charge is 0.494 e. The van der Waals surface area contributed by atoms with Gasteiger partial charge in [-0.15, -0.1) is 0 Å². The number of carbonyl (C=O) groups is 4. The number of imide groups is 1. The summed E-state index contributed by atoms with van der Waals surface area (Å²) in [7, 11) is 0. The molecular formula is C22H22N2O6. The lowest BCUT2D eigenvalue weighted by molar-refractivity contribution is -0.153. The maximum absolute atomic E-state index is 12.3. The number of benzene rings is 2. The van der Waals surface area contributed by atoms with E-state index in [0.29, 0.717) is 29.2 Å². The van der Waals surface area contributed by atoms with Gasteiger partial charge in [0, 0.05) is 12.2 Å². The van der Waals surface area contributed by atoms with Gasteiger partial charge in [0.15, 0.2) is 6.10 Å². The first kappa shape index (κ1) is 21.0. The zero-order valence-corrected chi connectivity index (χ0v) is 16.7. The van der Waals surface area contributed by atoms with E-state index < -0.39 is 29.8 Å². The molecule has 1 aliphatic rings. The number of amides is 3. The van der Waals surface area contributed by atoms with Crippen LogP contribution in [0.15, 0.2) is 48.5 Å². The van der Waals surface area contributed by atoms with E-state index in [4.69, 9.17) is 9.47 Å². The van der Waals surface area contributed by atoms with Crippen molar-refractivity contribution in [3.63, 3.8) is 0 Å². The summed E-state index contributed by atoms with van der Waals surface area (Å²) >= 11 is 0. The summed E-state index contributed by atoms with van der Waals surface area (Å²) in [5, 5.41) is 2.65. The normalized spacial score (nSPS) is 13.6. The zero-order chi connectivity index (χ0) is 21.7. The minimum Gasteiger partial charge on any atom is -0.494 e. The molecule has 0 bridgehead atoms. The van der Waals surface area contributed by atoms with Gasteiger partial charge in [0.2, 0.25) is 0 Å². The Morgan fingerprint density at radius 2 is 1.60 bits per heavy atom. The average Bonchev–Trinajstić information content (AvgIpc) is 2.98. The quantitative estimate of drug-likeness (QED) is 0.530. The van der Waals surface area contributed by atoms with E-state index >= 15 is 0 Å². The number of fused-ring (bicyclic) bond motifs is 1. The molecule has 8 nitrogen and oxygen atoms in total. The fourth-order valence-corrected chi connectivity index (χ4v) is 3.00. The summed E-state index contributed by atoms with van der Waals surface area (Å²) in [6.45, 7) is 3.75. The van der Waals surface area contributed by atoms with Gasteiger partial charge in [0.05, 0.1) is 24.2 Å². The summed E-state index contributed by atoms with van der Waals surface area (Å²) in [6, 6.07) is 13.3. The Bertz CT molecular complexity index is 935. The fraction of sp³-hybridized carbons (Fsp3) is 0.273. The lowest BCUT2D eigenvalue weighted by atomic mass is 10.1. The van der Waals surface area contributed by atoms with E-state index in [-0.39, 0.29) is 13.0 Å². The van der Waals surface area contributed by atoms with E-state index in [1.165, 1.54) is 6.92 Å². The van der Waals surface area contributed by atoms with Gasteiger partial charge in [-0.2, -0.15) is 0 Å². The number of nitrogens with zero attached hydrogens (tertiary/aromatic N) is 1. The molecule has 0 saturated heterocycles. The molecule has 0 aliphatic carbocycles. The van der Waals surface area contributed by atoms with Gasteiger partial charge >= 0.3 is 5.97 Å². The molecule has 30 heavy (non-hydrogen) atoms. The van der Waals surface area contributed by atoms with Gasteiger partial charge in [0.25, 0.3) is 17.7 Å². The third-order valence-electron chi connectivity index (χ3n) is 4.53. The molecule has 0 saturated carbocycles. The second-order valence-electron chi connectivity index (χ2n) is 6.64. The summed E-state index contributed by atoms with van der Waals surface area (Å²) in [4.78, 5) is 49.9. The molecule has 8 heteroatoms. The number of nitrogens with one attached hydrogen (secondary N) is 1. The number of hydrogen-bond donors (Lipinski definition) is 1.